The molecule has 0 amide bonds. The second-order valence-electron chi connectivity index (χ2n) is 5.56. The van der Waals surface area contributed by atoms with E-state index in [0.29, 0.717) is 22.6 Å². The van der Waals surface area contributed by atoms with Gasteiger partial charge in [0.15, 0.2) is 5.78 Å². The first-order valence-electron chi connectivity index (χ1n) is 7.88. The Bertz CT molecular complexity index is 869. The van der Waals surface area contributed by atoms with Gasteiger partial charge in [-0.1, -0.05) is 30.3 Å². The maximum Gasteiger partial charge on any atom is 0.193 e. The van der Waals surface area contributed by atoms with Crippen LogP contribution in [0.2, 0.25) is 0 Å². The predicted octanol–water partition coefficient (Wildman–Crippen LogP) is 4.23. The van der Waals surface area contributed by atoms with Crippen molar-refractivity contribution < 1.29 is 13.7 Å². The van der Waals surface area contributed by atoms with E-state index in [0.717, 1.165) is 10.5 Å². The van der Waals surface area contributed by atoms with E-state index in [1.165, 1.54) is 0 Å². The van der Waals surface area contributed by atoms with Crippen molar-refractivity contribution in [3.8, 4) is 5.75 Å². The molecule has 0 unspecified atom stereocenters. The van der Waals surface area contributed by atoms with Crippen LogP contribution in [0, 0.1) is 0 Å². The van der Waals surface area contributed by atoms with Gasteiger partial charge in [0, 0.05) is 16.0 Å². The quantitative estimate of drug-likeness (QED) is 0.625. The van der Waals surface area contributed by atoms with Gasteiger partial charge < -0.3 is 4.74 Å². The zero-order chi connectivity index (χ0) is 17.6. The van der Waals surface area contributed by atoms with E-state index in [2.05, 4.69) is 0 Å². The molecule has 0 fully saturated rings. The Labute approximate surface area is 149 Å². The maximum absolute atomic E-state index is 12.5. The second kappa shape index (κ2) is 7.90. The van der Waals surface area contributed by atoms with E-state index in [4.69, 9.17) is 4.74 Å². The molecule has 0 spiro atoms. The molecule has 1 atom stereocenters. The van der Waals surface area contributed by atoms with Gasteiger partial charge in [-0.2, -0.15) is 0 Å². The number of rotatable bonds is 6. The van der Waals surface area contributed by atoms with Crippen molar-refractivity contribution in [2.75, 3.05) is 7.11 Å². The lowest BCUT2D eigenvalue weighted by Gasteiger charge is -2.06. The number of hydrogen-bond donors (Lipinski definition) is 0. The first-order chi connectivity index (χ1) is 12.2. The van der Waals surface area contributed by atoms with Gasteiger partial charge in [-0.05, 0) is 54.1 Å². The van der Waals surface area contributed by atoms with Crippen LogP contribution in [-0.4, -0.2) is 17.1 Å². The number of methoxy groups -OCH3 is 1. The van der Waals surface area contributed by atoms with Gasteiger partial charge >= 0.3 is 0 Å². The maximum atomic E-state index is 12.5. The van der Waals surface area contributed by atoms with E-state index < -0.39 is 10.8 Å². The Balaban J connectivity index is 1.72. The summed E-state index contributed by atoms with van der Waals surface area (Å²) in [5.74, 6) is 1.11. The van der Waals surface area contributed by atoms with Crippen molar-refractivity contribution in [3.63, 3.8) is 0 Å². The zero-order valence-corrected chi connectivity index (χ0v) is 14.7. The minimum Gasteiger partial charge on any atom is -0.497 e. The van der Waals surface area contributed by atoms with Gasteiger partial charge in [0.1, 0.15) is 5.75 Å². The summed E-state index contributed by atoms with van der Waals surface area (Å²) in [7, 11) is 0.456. The van der Waals surface area contributed by atoms with Crippen molar-refractivity contribution in [2.24, 2.45) is 0 Å². The predicted molar refractivity (Wildman–Crippen MR) is 99.4 cm³/mol. The fraction of sp³-hybridized carbons (Fsp3) is 0.0952. The third-order valence-corrected chi connectivity index (χ3v) is 5.27. The molecular formula is C21H18O3S. The number of ketones is 1. The summed E-state index contributed by atoms with van der Waals surface area (Å²) in [5.41, 5.74) is 2.20. The summed E-state index contributed by atoms with van der Waals surface area (Å²) in [6.45, 7) is 0. The van der Waals surface area contributed by atoms with Gasteiger partial charge in [-0.15, -0.1) is 0 Å². The smallest absolute Gasteiger partial charge is 0.193 e. The molecule has 3 aromatic carbocycles. The number of benzene rings is 3. The van der Waals surface area contributed by atoms with Crippen molar-refractivity contribution in [2.45, 2.75) is 10.6 Å². The fourth-order valence-electron chi connectivity index (χ4n) is 2.48. The topological polar surface area (TPSA) is 43.4 Å². The molecule has 3 nitrogen and oxygen atoms in total. The first kappa shape index (κ1) is 17.1. The molecule has 0 bridgehead atoms. The average Bonchev–Trinajstić information content (AvgIpc) is 2.68. The third-order valence-electron chi connectivity index (χ3n) is 3.87. The standard InChI is InChI=1S/C21H18O3S/c1-24-19-11-7-17(8-12-19)21(22)18-9-13-20(14-10-18)25(23)15-16-5-3-2-4-6-16/h2-14H,15H2,1H3/t25-/m1/s1. The number of ether oxygens (including phenoxy) is 1. The van der Waals surface area contributed by atoms with Crippen molar-refractivity contribution >= 4 is 16.6 Å². The zero-order valence-electron chi connectivity index (χ0n) is 13.8. The summed E-state index contributed by atoms with van der Waals surface area (Å²) >= 11 is 0. The minimum absolute atomic E-state index is 0.0666. The lowest BCUT2D eigenvalue weighted by molar-refractivity contribution is 0.103. The summed E-state index contributed by atoms with van der Waals surface area (Å²) in [4.78, 5) is 13.2. The molecule has 0 aliphatic heterocycles. The average molecular weight is 350 g/mol. The number of carbonyl (C=O) groups is 1. The van der Waals surface area contributed by atoms with Crippen LogP contribution in [-0.2, 0) is 16.6 Å². The third kappa shape index (κ3) is 4.22. The fourth-order valence-corrected chi connectivity index (χ4v) is 3.58. The Hall–Kier alpha value is -2.72. The highest BCUT2D eigenvalue weighted by molar-refractivity contribution is 7.84. The van der Waals surface area contributed by atoms with E-state index in [9.17, 15) is 9.00 Å². The van der Waals surface area contributed by atoms with E-state index in [1.54, 1.807) is 55.6 Å². The van der Waals surface area contributed by atoms with Crippen LogP contribution in [0.3, 0.4) is 0 Å². The first-order valence-corrected chi connectivity index (χ1v) is 9.20. The Kier molecular flexibility index (Phi) is 5.41. The van der Waals surface area contributed by atoms with Crippen molar-refractivity contribution in [1.82, 2.24) is 0 Å². The van der Waals surface area contributed by atoms with Crippen LogP contribution in [0.15, 0.2) is 83.8 Å². The molecule has 3 rings (SSSR count). The van der Waals surface area contributed by atoms with Gasteiger partial charge in [0.05, 0.1) is 23.7 Å². The van der Waals surface area contributed by atoms with Crippen LogP contribution in [0.5, 0.6) is 5.75 Å². The van der Waals surface area contributed by atoms with Crippen LogP contribution < -0.4 is 4.74 Å². The SMILES string of the molecule is COc1ccc(C(=O)c2ccc([S@](=O)Cc3ccccc3)cc2)cc1. The summed E-state index contributed by atoms with van der Waals surface area (Å²) in [6, 6.07) is 23.7. The number of hydrogen-bond acceptors (Lipinski definition) is 3. The monoisotopic (exact) mass is 350 g/mol. The molecule has 0 saturated carbocycles. The molecular weight excluding hydrogens is 332 g/mol. The van der Waals surface area contributed by atoms with Crippen LogP contribution >= 0.6 is 0 Å². The van der Waals surface area contributed by atoms with Gasteiger partial charge in [-0.25, -0.2) is 0 Å². The lowest BCUT2D eigenvalue weighted by Crippen LogP contribution is -2.02. The Morgan fingerprint density at radius 2 is 1.40 bits per heavy atom. The molecule has 126 valence electrons. The molecule has 0 aromatic heterocycles. The van der Waals surface area contributed by atoms with E-state index in [-0.39, 0.29) is 5.78 Å². The Morgan fingerprint density at radius 3 is 1.96 bits per heavy atom. The highest BCUT2D eigenvalue weighted by Gasteiger charge is 2.11. The number of carbonyl (C=O) groups excluding carboxylic acids is 1. The molecule has 4 heteroatoms. The Morgan fingerprint density at radius 1 is 0.840 bits per heavy atom. The van der Waals surface area contributed by atoms with Gasteiger partial charge in [0.25, 0.3) is 0 Å². The molecule has 0 saturated heterocycles. The molecule has 3 aromatic rings. The van der Waals surface area contributed by atoms with E-state index >= 15 is 0 Å². The largest absolute Gasteiger partial charge is 0.497 e. The second-order valence-corrected chi connectivity index (χ2v) is 7.01. The molecule has 0 radical (unpaired) electrons. The highest BCUT2D eigenvalue weighted by atomic mass is 32.2. The van der Waals surface area contributed by atoms with Crippen LogP contribution in [0.1, 0.15) is 21.5 Å². The van der Waals surface area contributed by atoms with E-state index in [1.807, 2.05) is 30.3 Å². The summed E-state index contributed by atoms with van der Waals surface area (Å²) < 4.78 is 17.5. The summed E-state index contributed by atoms with van der Waals surface area (Å²) in [6.07, 6.45) is 0. The molecule has 25 heavy (non-hydrogen) atoms. The van der Waals surface area contributed by atoms with Crippen LogP contribution in [0.25, 0.3) is 0 Å². The highest BCUT2D eigenvalue weighted by Crippen LogP contribution is 2.18. The molecule has 0 heterocycles. The lowest BCUT2D eigenvalue weighted by atomic mass is 10.0. The normalized spacial score (nSPS) is 11.7. The molecule has 0 aliphatic carbocycles. The van der Waals surface area contributed by atoms with Crippen LogP contribution in [0.4, 0.5) is 0 Å². The van der Waals surface area contributed by atoms with Crippen molar-refractivity contribution in [1.29, 1.82) is 0 Å². The van der Waals surface area contributed by atoms with Gasteiger partial charge in [0.2, 0.25) is 0 Å². The van der Waals surface area contributed by atoms with Gasteiger partial charge in [-0.3, -0.25) is 9.00 Å². The molecule has 0 aliphatic rings. The minimum atomic E-state index is -1.13. The van der Waals surface area contributed by atoms with Crippen molar-refractivity contribution in [3.05, 3.63) is 95.6 Å². The molecule has 0 N–H and O–H groups in total. The summed E-state index contributed by atoms with van der Waals surface area (Å²) in [5, 5.41) is 0.